The van der Waals surface area contributed by atoms with Crippen molar-refractivity contribution in [2.24, 2.45) is 10.5 Å². The summed E-state index contributed by atoms with van der Waals surface area (Å²) in [6.45, 7) is 10.7. The summed E-state index contributed by atoms with van der Waals surface area (Å²) in [4.78, 5) is 0. The van der Waals surface area contributed by atoms with Gasteiger partial charge in [-0.2, -0.15) is 10.6 Å². The molecule has 0 bridgehead atoms. The number of nitrogens with one attached hydrogen (secondary N) is 2. The van der Waals surface area contributed by atoms with Crippen LogP contribution < -0.4 is 11.0 Å². The maximum Gasteiger partial charge on any atom is 0.0435 e. The number of hydrazine groups is 2. The molecule has 0 saturated carbocycles. The first-order chi connectivity index (χ1) is 4.95. The van der Waals surface area contributed by atoms with Crippen LogP contribution in [0.3, 0.4) is 0 Å². The van der Waals surface area contributed by atoms with Gasteiger partial charge >= 0.3 is 0 Å². The van der Waals surface area contributed by atoms with Gasteiger partial charge in [-0.25, -0.2) is 10.5 Å². The zero-order chi connectivity index (χ0) is 8.91. The van der Waals surface area contributed by atoms with Gasteiger partial charge in [0.1, 0.15) is 0 Å². The van der Waals surface area contributed by atoms with E-state index in [0.717, 1.165) is 6.54 Å². The first-order valence-corrected chi connectivity index (χ1v) is 3.64. The molecule has 0 amide bonds. The van der Waals surface area contributed by atoms with Crippen molar-refractivity contribution in [1.29, 1.82) is 0 Å². The number of hydrazone groups is 1. The molecule has 0 saturated heterocycles. The van der Waals surface area contributed by atoms with Gasteiger partial charge in [0.25, 0.3) is 0 Å². The fourth-order valence-corrected chi connectivity index (χ4v) is 0.454. The van der Waals surface area contributed by atoms with Gasteiger partial charge in [-0.3, -0.25) is 0 Å². The quantitative estimate of drug-likeness (QED) is 0.464. The van der Waals surface area contributed by atoms with E-state index < -0.39 is 0 Å². The second kappa shape index (κ2) is 4.31. The zero-order valence-electron chi connectivity index (χ0n) is 7.81. The molecule has 66 valence electrons. The molecule has 0 unspecified atom stereocenters. The molecular weight excluding hydrogens is 140 g/mol. The lowest BCUT2D eigenvalue weighted by atomic mass is 9.98. The van der Waals surface area contributed by atoms with Gasteiger partial charge in [-0.1, -0.05) is 20.8 Å². The van der Waals surface area contributed by atoms with E-state index in [2.05, 4.69) is 43.6 Å². The molecule has 0 aromatic heterocycles. The first kappa shape index (κ1) is 10.4. The molecule has 0 aromatic carbocycles. The number of hydrogen-bond donors (Lipinski definition) is 2. The van der Waals surface area contributed by atoms with Crippen LogP contribution in [0.15, 0.2) is 5.10 Å². The topological polar surface area (TPSA) is 39.7 Å². The summed E-state index contributed by atoms with van der Waals surface area (Å²) in [7, 11) is 1.78. The zero-order valence-corrected chi connectivity index (χ0v) is 7.81. The van der Waals surface area contributed by atoms with Gasteiger partial charge in [0.05, 0.1) is 0 Å². The highest BCUT2D eigenvalue weighted by molar-refractivity contribution is 5.22. The molecule has 0 aromatic rings. The van der Waals surface area contributed by atoms with E-state index in [1.165, 1.54) is 5.12 Å². The predicted octanol–water partition coefficient (Wildman–Crippen LogP) is 0.589. The lowest BCUT2D eigenvalue weighted by molar-refractivity contribution is 0.182. The fourth-order valence-electron chi connectivity index (χ4n) is 0.454. The molecule has 4 heteroatoms. The van der Waals surface area contributed by atoms with E-state index in [-0.39, 0.29) is 5.41 Å². The molecule has 0 heterocycles. The number of hydrogen-bond acceptors (Lipinski definition) is 4. The summed E-state index contributed by atoms with van der Waals surface area (Å²) < 4.78 is 0. The van der Waals surface area contributed by atoms with Crippen molar-refractivity contribution in [3.8, 4) is 0 Å². The maximum absolute atomic E-state index is 3.62. The van der Waals surface area contributed by atoms with E-state index in [9.17, 15) is 0 Å². The monoisotopic (exact) mass is 158 g/mol. The molecule has 11 heavy (non-hydrogen) atoms. The number of nitrogens with zero attached hydrogens (tertiary/aromatic N) is 2. The van der Waals surface area contributed by atoms with Crippen molar-refractivity contribution in [1.82, 2.24) is 16.1 Å². The summed E-state index contributed by atoms with van der Waals surface area (Å²) in [6, 6.07) is 0. The minimum absolute atomic E-state index is 0.273. The summed E-state index contributed by atoms with van der Waals surface area (Å²) in [5.74, 6) is 0. The second-order valence-electron chi connectivity index (χ2n) is 3.69. The molecule has 0 aliphatic carbocycles. The van der Waals surface area contributed by atoms with Gasteiger partial charge in [0.15, 0.2) is 0 Å². The Morgan fingerprint density at radius 1 is 1.45 bits per heavy atom. The molecule has 0 fully saturated rings. The van der Waals surface area contributed by atoms with Crippen LogP contribution in [0.5, 0.6) is 0 Å². The van der Waals surface area contributed by atoms with E-state index in [1.54, 1.807) is 7.05 Å². The third kappa shape index (κ3) is 7.29. The third-order valence-corrected chi connectivity index (χ3v) is 1.07. The minimum Gasteiger partial charge on any atom is -0.238 e. The highest BCUT2D eigenvalue weighted by atomic mass is 15.8. The second-order valence-corrected chi connectivity index (χ2v) is 3.69. The Hall–Kier alpha value is -0.610. The summed E-state index contributed by atoms with van der Waals surface area (Å²) in [5.41, 5.74) is 6.13. The van der Waals surface area contributed by atoms with Gasteiger partial charge in [0.2, 0.25) is 0 Å². The van der Waals surface area contributed by atoms with Crippen LogP contribution in [0.1, 0.15) is 20.8 Å². The lowest BCUT2D eigenvalue weighted by Crippen LogP contribution is -2.45. The SMILES string of the molecule is C=NN(C)NNCC(C)(C)C. The smallest absolute Gasteiger partial charge is 0.0435 e. The summed E-state index contributed by atoms with van der Waals surface area (Å²) >= 11 is 0. The molecule has 0 aliphatic heterocycles. The Morgan fingerprint density at radius 2 is 2.00 bits per heavy atom. The van der Waals surface area contributed by atoms with Crippen LogP contribution in [0.25, 0.3) is 0 Å². The molecular formula is C7H18N4. The highest BCUT2D eigenvalue weighted by Gasteiger charge is 2.08. The van der Waals surface area contributed by atoms with Gasteiger partial charge in [-0.15, -0.1) is 0 Å². The van der Waals surface area contributed by atoms with Gasteiger partial charge < -0.3 is 0 Å². The van der Waals surface area contributed by atoms with Crippen molar-refractivity contribution < 1.29 is 0 Å². The molecule has 0 spiro atoms. The third-order valence-electron chi connectivity index (χ3n) is 1.07. The van der Waals surface area contributed by atoms with Crippen LogP contribution in [0, 0.1) is 5.41 Å². The maximum atomic E-state index is 3.62. The lowest BCUT2D eigenvalue weighted by Gasteiger charge is -2.21. The van der Waals surface area contributed by atoms with Crippen LogP contribution in [0.4, 0.5) is 0 Å². The van der Waals surface area contributed by atoms with Crippen molar-refractivity contribution in [2.75, 3.05) is 13.6 Å². The Bertz CT molecular complexity index is 116. The minimum atomic E-state index is 0.273. The number of rotatable bonds is 4. The average molecular weight is 158 g/mol. The van der Waals surface area contributed by atoms with Crippen LogP contribution >= 0.6 is 0 Å². The van der Waals surface area contributed by atoms with E-state index in [0.29, 0.717) is 0 Å². The van der Waals surface area contributed by atoms with Gasteiger partial charge in [-0.05, 0) is 5.41 Å². The molecule has 0 radical (unpaired) electrons. The Morgan fingerprint density at radius 3 is 2.36 bits per heavy atom. The Balaban J connectivity index is 3.35. The van der Waals surface area contributed by atoms with E-state index in [4.69, 9.17) is 0 Å². The first-order valence-electron chi connectivity index (χ1n) is 3.64. The molecule has 2 N–H and O–H groups in total. The fraction of sp³-hybridized carbons (Fsp3) is 0.857. The highest BCUT2D eigenvalue weighted by Crippen LogP contribution is 2.09. The predicted molar refractivity (Wildman–Crippen MR) is 47.9 cm³/mol. The standard InChI is InChI=1S/C7H18N4/c1-7(2,3)6-9-10-11(5)8-4/h9-10H,4,6H2,1-3,5H3. The van der Waals surface area contributed by atoms with Crippen LogP contribution in [-0.2, 0) is 0 Å². The van der Waals surface area contributed by atoms with Crippen molar-refractivity contribution in [2.45, 2.75) is 20.8 Å². The largest absolute Gasteiger partial charge is 0.238 e. The van der Waals surface area contributed by atoms with Crippen LogP contribution in [0.2, 0.25) is 0 Å². The Labute approximate surface area is 68.6 Å². The van der Waals surface area contributed by atoms with Crippen molar-refractivity contribution >= 4 is 6.72 Å². The molecule has 0 atom stereocenters. The van der Waals surface area contributed by atoms with Gasteiger partial charge in [0, 0.05) is 20.3 Å². The van der Waals surface area contributed by atoms with E-state index in [1.807, 2.05) is 0 Å². The van der Waals surface area contributed by atoms with Crippen molar-refractivity contribution in [3.05, 3.63) is 0 Å². The molecule has 0 aliphatic rings. The summed E-state index contributed by atoms with van der Waals surface area (Å²) in [5, 5.41) is 5.14. The van der Waals surface area contributed by atoms with E-state index >= 15 is 0 Å². The molecule has 0 rings (SSSR count). The van der Waals surface area contributed by atoms with Crippen LogP contribution in [-0.4, -0.2) is 25.4 Å². The average Bonchev–Trinajstić information content (AvgIpc) is 1.85. The molecule has 4 nitrogen and oxygen atoms in total. The normalized spacial score (nSPS) is 11.3. The summed E-state index contributed by atoms with van der Waals surface area (Å²) in [6.07, 6.45) is 0. The van der Waals surface area contributed by atoms with Crippen molar-refractivity contribution in [3.63, 3.8) is 0 Å². The Kier molecular flexibility index (Phi) is 4.07.